The fraction of sp³-hybridized carbons (Fsp3) is 0.647. The lowest BCUT2D eigenvalue weighted by Crippen LogP contribution is -2.58. The van der Waals surface area contributed by atoms with Crippen molar-refractivity contribution < 1.29 is 34.1 Å². The Bertz CT molecular complexity index is 855. The number of nitrogens with one attached hydrogen (secondary N) is 3. The van der Waals surface area contributed by atoms with Crippen LogP contribution in [0.3, 0.4) is 0 Å². The summed E-state index contributed by atoms with van der Waals surface area (Å²) in [6.45, 7) is 4.49. The van der Waals surface area contributed by atoms with Gasteiger partial charge in [-0.25, -0.2) is 9.59 Å². The summed E-state index contributed by atoms with van der Waals surface area (Å²) in [5, 5.41) is 34.4. The fourth-order valence-corrected chi connectivity index (χ4v) is 5.40. The van der Waals surface area contributed by atoms with Gasteiger partial charge in [0.15, 0.2) is 0 Å². The van der Waals surface area contributed by atoms with E-state index in [4.69, 9.17) is 4.74 Å². The number of aliphatic carboxylic acids is 2. The predicted octanol–water partition coefficient (Wildman–Crippen LogP) is 0.0802. The third kappa shape index (κ3) is 4.35. The van der Waals surface area contributed by atoms with Crippen LogP contribution < -0.4 is 10.6 Å². The average molecular weight is 441 g/mol. The lowest BCUT2D eigenvalue weighted by molar-refractivity contribution is -0.149. The number of H-pyrrole nitrogens is 1. The third-order valence-electron chi connectivity index (χ3n) is 5.08. The predicted molar refractivity (Wildman–Crippen MR) is 101 cm³/mol. The number of aromatic amines is 1. The van der Waals surface area contributed by atoms with Crippen LogP contribution in [0.15, 0.2) is 11.2 Å². The molecule has 13 heteroatoms. The van der Waals surface area contributed by atoms with E-state index in [9.17, 15) is 29.4 Å². The number of ether oxygens (including phenoxy) is 1. The number of carbonyl (C=O) groups is 4. The summed E-state index contributed by atoms with van der Waals surface area (Å²) in [5.41, 5.74) is -2.50. The number of rotatable bonds is 7. The molecule has 0 aromatic carbocycles. The van der Waals surface area contributed by atoms with E-state index >= 15 is 0 Å². The van der Waals surface area contributed by atoms with Crippen molar-refractivity contribution in [3.8, 4) is 0 Å². The molecule has 2 amide bonds. The molecule has 2 aliphatic carbocycles. The number of hydrogen-bond acceptors (Lipinski definition) is 8. The Morgan fingerprint density at radius 1 is 1.33 bits per heavy atom. The van der Waals surface area contributed by atoms with Gasteiger partial charge in [0.1, 0.15) is 22.7 Å². The minimum atomic E-state index is -1.75. The van der Waals surface area contributed by atoms with Gasteiger partial charge in [-0.15, -0.1) is 5.10 Å². The number of carboxylic acids is 2. The number of carbonyl (C=O) groups excluding carboxylic acids is 2. The first kappa shape index (κ1) is 21.9. The standard InChI is InChI=1S/C17H23N5O7S/c1-16(2,3)29-15(28)18-5-8(23)20-17(14(26)27)4-7(30-9-6-19-22-21-9)10-11(12(10)17)13(24)25/h6-7,10-12H,4-5H2,1-3H3,(H,18,28)(H,20,23)(H,24,25)(H,26,27)(H,19,21,22)/t7-,10+,11+,12+,17+/m1/s1. The van der Waals surface area contributed by atoms with Crippen LogP contribution in [-0.2, 0) is 19.1 Å². The summed E-state index contributed by atoms with van der Waals surface area (Å²) in [7, 11) is 0. The van der Waals surface area contributed by atoms with Gasteiger partial charge < -0.3 is 25.6 Å². The zero-order chi connectivity index (χ0) is 22.3. The first-order valence-electron chi connectivity index (χ1n) is 9.21. The molecule has 0 saturated heterocycles. The SMILES string of the molecule is CC(C)(C)OC(=O)NCC(=O)N[C@@]1(C(=O)O)C[C@@H](Sc2cn[nH]n2)[C@H]2[C@H](C(=O)O)[C@H]21. The first-order chi connectivity index (χ1) is 13.9. The molecule has 12 nitrogen and oxygen atoms in total. The van der Waals surface area contributed by atoms with Gasteiger partial charge in [0.25, 0.3) is 0 Å². The van der Waals surface area contributed by atoms with Gasteiger partial charge in [0, 0.05) is 11.2 Å². The van der Waals surface area contributed by atoms with Gasteiger partial charge in [-0.05, 0) is 33.1 Å². The molecule has 1 aromatic rings. The second-order valence-electron chi connectivity index (χ2n) is 8.32. The van der Waals surface area contributed by atoms with Crippen molar-refractivity contribution >= 4 is 35.7 Å². The monoisotopic (exact) mass is 441 g/mol. The Balaban J connectivity index is 1.71. The number of thioether (sulfide) groups is 1. The summed E-state index contributed by atoms with van der Waals surface area (Å²) in [6.07, 6.45) is 0.666. The molecule has 5 atom stereocenters. The van der Waals surface area contributed by atoms with Crippen molar-refractivity contribution in [2.75, 3.05) is 6.54 Å². The number of hydrogen-bond donors (Lipinski definition) is 5. The van der Waals surface area contributed by atoms with Gasteiger partial charge in [0.05, 0.1) is 12.1 Å². The van der Waals surface area contributed by atoms with Gasteiger partial charge in [0.2, 0.25) is 5.91 Å². The van der Waals surface area contributed by atoms with Crippen molar-refractivity contribution in [1.82, 2.24) is 26.0 Å². The molecule has 0 unspecified atom stereocenters. The number of alkyl carbamates (subject to hydrolysis) is 1. The summed E-state index contributed by atoms with van der Waals surface area (Å²) in [6, 6.07) is 0. The van der Waals surface area contributed by atoms with E-state index in [1.54, 1.807) is 20.8 Å². The highest BCUT2D eigenvalue weighted by Gasteiger charge is 2.75. The molecule has 2 saturated carbocycles. The van der Waals surface area contributed by atoms with Crippen molar-refractivity contribution in [3.63, 3.8) is 0 Å². The van der Waals surface area contributed by atoms with Crippen LogP contribution >= 0.6 is 11.8 Å². The van der Waals surface area contributed by atoms with E-state index in [0.29, 0.717) is 5.03 Å². The highest BCUT2D eigenvalue weighted by Crippen LogP contribution is 2.65. The Kier molecular flexibility index (Phi) is 5.67. The van der Waals surface area contributed by atoms with Crippen LogP contribution in [-0.4, -0.2) is 72.5 Å². The van der Waals surface area contributed by atoms with Gasteiger partial charge in [-0.2, -0.15) is 10.3 Å². The first-order valence-corrected chi connectivity index (χ1v) is 10.1. The number of aromatic nitrogens is 3. The van der Waals surface area contributed by atoms with Crippen LogP contribution in [0.25, 0.3) is 0 Å². The normalized spacial score (nSPS) is 29.6. The second-order valence-corrected chi connectivity index (χ2v) is 9.58. The summed E-state index contributed by atoms with van der Waals surface area (Å²) < 4.78 is 5.04. The van der Waals surface area contributed by atoms with E-state index in [1.165, 1.54) is 18.0 Å². The Morgan fingerprint density at radius 2 is 2.03 bits per heavy atom. The molecule has 0 radical (unpaired) electrons. The fourth-order valence-electron chi connectivity index (χ4n) is 4.04. The molecule has 1 aromatic heterocycles. The Hall–Kier alpha value is -2.83. The maximum absolute atomic E-state index is 12.4. The van der Waals surface area contributed by atoms with Crippen LogP contribution in [0.2, 0.25) is 0 Å². The number of nitrogens with zero attached hydrogens (tertiary/aromatic N) is 2. The van der Waals surface area contributed by atoms with Crippen LogP contribution in [0.1, 0.15) is 27.2 Å². The molecule has 3 rings (SSSR count). The molecule has 5 N–H and O–H groups in total. The maximum atomic E-state index is 12.4. The summed E-state index contributed by atoms with van der Waals surface area (Å²) in [4.78, 5) is 48.0. The van der Waals surface area contributed by atoms with Gasteiger partial charge in [-0.1, -0.05) is 11.8 Å². The molecular formula is C17H23N5O7S. The lowest BCUT2D eigenvalue weighted by atomic mass is 9.90. The quantitative estimate of drug-likeness (QED) is 0.388. The van der Waals surface area contributed by atoms with Crippen LogP contribution in [0, 0.1) is 17.8 Å². The van der Waals surface area contributed by atoms with Crippen LogP contribution in [0.5, 0.6) is 0 Å². The second kappa shape index (κ2) is 7.78. The molecule has 0 aliphatic heterocycles. The minimum absolute atomic E-state index is 0.0250. The van der Waals surface area contributed by atoms with E-state index < -0.39 is 59.4 Å². The van der Waals surface area contributed by atoms with Gasteiger partial charge in [-0.3, -0.25) is 9.59 Å². The lowest BCUT2D eigenvalue weighted by Gasteiger charge is -2.30. The molecule has 0 spiro atoms. The molecule has 30 heavy (non-hydrogen) atoms. The Labute approximate surface area is 175 Å². The van der Waals surface area contributed by atoms with Crippen molar-refractivity contribution in [2.45, 2.75) is 48.6 Å². The third-order valence-corrected chi connectivity index (χ3v) is 6.31. The van der Waals surface area contributed by atoms with Crippen molar-refractivity contribution in [3.05, 3.63) is 6.20 Å². The zero-order valence-electron chi connectivity index (χ0n) is 16.5. The number of amides is 2. The number of fused-ring (bicyclic) bond motifs is 1. The average Bonchev–Trinajstić information content (AvgIpc) is 3.02. The molecule has 2 aliphatic rings. The molecule has 164 valence electrons. The topological polar surface area (TPSA) is 184 Å². The van der Waals surface area contributed by atoms with Crippen molar-refractivity contribution in [1.29, 1.82) is 0 Å². The Morgan fingerprint density at radius 3 is 2.57 bits per heavy atom. The van der Waals surface area contributed by atoms with Crippen LogP contribution in [0.4, 0.5) is 4.79 Å². The summed E-state index contributed by atoms with van der Waals surface area (Å²) >= 11 is 1.23. The molecular weight excluding hydrogens is 418 g/mol. The van der Waals surface area contributed by atoms with E-state index in [1.807, 2.05) is 0 Å². The zero-order valence-corrected chi connectivity index (χ0v) is 17.4. The molecule has 0 bridgehead atoms. The summed E-state index contributed by atoms with van der Waals surface area (Å²) in [5.74, 6) is -5.25. The van der Waals surface area contributed by atoms with E-state index in [-0.39, 0.29) is 11.7 Å². The van der Waals surface area contributed by atoms with E-state index in [0.717, 1.165) is 0 Å². The highest BCUT2D eigenvalue weighted by atomic mass is 32.2. The largest absolute Gasteiger partial charge is 0.481 e. The van der Waals surface area contributed by atoms with Gasteiger partial charge >= 0.3 is 18.0 Å². The van der Waals surface area contributed by atoms with Crippen molar-refractivity contribution in [2.24, 2.45) is 17.8 Å². The van der Waals surface area contributed by atoms with E-state index in [2.05, 4.69) is 26.0 Å². The molecule has 2 fully saturated rings. The highest BCUT2D eigenvalue weighted by molar-refractivity contribution is 7.99. The number of carboxylic acid groups (broad SMARTS) is 2. The smallest absolute Gasteiger partial charge is 0.408 e. The molecule has 1 heterocycles. The maximum Gasteiger partial charge on any atom is 0.408 e. The minimum Gasteiger partial charge on any atom is -0.481 e.